The van der Waals surface area contributed by atoms with Gasteiger partial charge < -0.3 is 11.1 Å². The van der Waals surface area contributed by atoms with Crippen molar-refractivity contribution in [2.75, 3.05) is 0 Å². The van der Waals surface area contributed by atoms with Crippen molar-refractivity contribution in [2.24, 2.45) is 5.73 Å². The highest BCUT2D eigenvalue weighted by atomic mass is 35.5. The van der Waals surface area contributed by atoms with Crippen molar-refractivity contribution < 1.29 is 13.2 Å². The second-order valence-electron chi connectivity index (χ2n) is 8.85. The molecule has 4 rings (SSSR count). The molecule has 1 fully saturated rings. The van der Waals surface area contributed by atoms with Crippen LogP contribution in [0.4, 0.5) is 4.79 Å². The van der Waals surface area contributed by atoms with E-state index in [4.69, 9.17) is 5.73 Å². The third-order valence-electron chi connectivity index (χ3n) is 6.29. The number of carbonyl (C=O) groups excluding carboxylic acids is 1. The van der Waals surface area contributed by atoms with Crippen LogP contribution in [0.25, 0.3) is 10.8 Å². The van der Waals surface area contributed by atoms with Crippen molar-refractivity contribution in [1.82, 2.24) is 15.2 Å². The number of hydrogen-bond acceptors (Lipinski definition) is 4. The number of nitrogens with one attached hydrogen (secondary N) is 2. The van der Waals surface area contributed by atoms with E-state index in [1.165, 1.54) is 0 Å². The van der Waals surface area contributed by atoms with Crippen LogP contribution in [0, 0.1) is 0 Å². The lowest BCUT2D eigenvalue weighted by molar-refractivity contribution is 0.179. The van der Waals surface area contributed by atoms with Gasteiger partial charge in [0.2, 0.25) is 0 Å². The summed E-state index contributed by atoms with van der Waals surface area (Å²) in [5, 5.41) is 5.97. The van der Waals surface area contributed by atoms with Gasteiger partial charge in [-0.15, -0.1) is 17.2 Å². The highest BCUT2D eigenvalue weighted by molar-refractivity contribution is 7.89. The SMILES string of the molecule is Cl.NCc1ccc(CN(NS(=O)(=O)c2ccc3ccccc3c2)C(=O)NC2CCCCCC2)cc1. The van der Waals surface area contributed by atoms with Gasteiger partial charge in [-0.2, -0.15) is 0 Å². The number of benzene rings is 3. The van der Waals surface area contributed by atoms with Gasteiger partial charge in [-0.1, -0.05) is 80.3 Å². The Morgan fingerprint density at radius 2 is 1.51 bits per heavy atom. The van der Waals surface area contributed by atoms with Gasteiger partial charge >= 0.3 is 6.03 Å². The number of halogens is 1. The minimum absolute atomic E-state index is 0. The Labute approximate surface area is 213 Å². The Morgan fingerprint density at radius 1 is 0.886 bits per heavy atom. The predicted molar refractivity (Wildman–Crippen MR) is 141 cm³/mol. The molecule has 188 valence electrons. The van der Waals surface area contributed by atoms with Crippen molar-refractivity contribution in [3.05, 3.63) is 77.9 Å². The quantitative estimate of drug-likeness (QED) is 0.308. The van der Waals surface area contributed by atoms with Crippen LogP contribution < -0.4 is 15.9 Å². The van der Waals surface area contributed by atoms with E-state index in [1.807, 2.05) is 48.5 Å². The minimum Gasteiger partial charge on any atom is -0.334 e. The number of sulfonamides is 1. The molecule has 0 heterocycles. The Hall–Kier alpha value is -2.65. The van der Waals surface area contributed by atoms with Gasteiger partial charge in [0.15, 0.2) is 0 Å². The molecule has 1 saturated carbocycles. The van der Waals surface area contributed by atoms with Crippen molar-refractivity contribution >= 4 is 39.2 Å². The summed E-state index contributed by atoms with van der Waals surface area (Å²) in [7, 11) is -3.98. The third kappa shape index (κ3) is 7.18. The molecule has 0 aromatic heterocycles. The Balaban J connectivity index is 0.00000342. The summed E-state index contributed by atoms with van der Waals surface area (Å²) in [6, 6.07) is 19.6. The molecule has 4 N–H and O–H groups in total. The molecule has 35 heavy (non-hydrogen) atoms. The zero-order valence-corrected chi connectivity index (χ0v) is 21.3. The van der Waals surface area contributed by atoms with Crippen LogP contribution in [-0.4, -0.2) is 25.5 Å². The highest BCUT2D eigenvalue weighted by Gasteiger charge is 2.25. The molecule has 3 aromatic carbocycles. The zero-order valence-electron chi connectivity index (χ0n) is 19.7. The monoisotopic (exact) mass is 516 g/mol. The average Bonchev–Trinajstić information content (AvgIpc) is 3.12. The first-order valence-electron chi connectivity index (χ1n) is 11.8. The van der Waals surface area contributed by atoms with E-state index in [9.17, 15) is 13.2 Å². The molecular weight excluding hydrogens is 484 g/mol. The van der Waals surface area contributed by atoms with Crippen LogP contribution in [0.1, 0.15) is 49.7 Å². The number of fused-ring (bicyclic) bond motifs is 1. The van der Waals surface area contributed by atoms with Gasteiger partial charge in [-0.3, -0.25) is 0 Å². The molecular formula is C26H33ClN4O3S. The van der Waals surface area contributed by atoms with Crippen LogP contribution in [0.3, 0.4) is 0 Å². The van der Waals surface area contributed by atoms with Crippen molar-refractivity contribution in [3.63, 3.8) is 0 Å². The highest BCUT2D eigenvalue weighted by Crippen LogP contribution is 2.20. The molecule has 2 amide bonds. The number of amides is 2. The van der Waals surface area contributed by atoms with Crippen LogP contribution in [0.15, 0.2) is 71.6 Å². The van der Waals surface area contributed by atoms with E-state index in [0.717, 1.165) is 65.4 Å². The fourth-order valence-corrected chi connectivity index (χ4v) is 5.39. The molecule has 1 aliphatic rings. The summed E-state index contributed by atoms with van der Waals surface area (Å²) in [5.41, 5.74) is 7.46. The smallest absolute Gasteiger partial charge is 0.333 e. The van der Waals surface area contributed by atoms with E-state index < -0.39 is 16.1 Å². The second kappa shape index (κ2) is 12.4. The maximum atomic E-state index is 13.3. The number of nitrogens with zero attached hydrogens (tertiary/aromatic N) is 1. The van der Waals surface area contributed by atoms with Crippen LogP contribution >= 0.6 is 12.4 Å². The summed E-state index contributed by atoms with van der Waals surface area (Å²) < 4.78 is 26.6. The lowest BCUT2D eigenvalue weighted by Crippen LogP contribution is -2.52. The first kappa shape index (κ1) is 26.9. The second-order valence-corrected chi connectivity index (χ2v) is 10.5. The van der Waals surface area contributed by atoms with E-state index in [-0.39, 0.29) is 29.9 Å². The van der Waals surface area contributed by atoms with Gasteiger partial charge in [0.05, 0.1) is 11.4 Å². The largest absolute Gasteiger partial charge is 0.334 e. The van der Waals surface area contributed by atoms with E-state index in [0.29, 0.717) is 6.54 Å². The van der Waals surface area contributed by atoms with Crippen molar-refractivity contribution in [2.45, 2.75) is 62.6 Å². The van der Waals surface area contributed by atoms with Gasteiger partial charge in [0.25, 0.3) is 10.0 Å². The maximum absolute atomic E-state index is 13.3. The normalized spacial score (nSPS) is 14.7. The van der Waals surface area contributed by atoms with Crippen LogP contribution in [-0.2, 0) is 23.1 Å². The Kier molecular flexibility index (Phi) is 9.51. The molecule has 0 bridgehead atoms. The number of hydrogen-bond donors (Lipinski definition) is 3. The average molecular weight is 517 g/mol. The molecule has 7 nitrogen and oxygen atoms in total. The standard InChI is InChI=1S/C26H32N4O3S.ClH/c27-18-20-11-13-21(14-12-20)19-30(26(31)28-24-9-3-1-2-4-10-24)29-34(32,33)25-16-15-22-7-5-6-8-23(22)17-25;/h5-8,11-17,24,29H,1-4,9-10,18-19,27H2,(H,28,31);1H. The molecule has 0 atom stereocenters. The Bertz CT molecular complexity index is 1230. The zero-order chi connectivity index (χ0) is 24.0. The Morgan fingerprint density at radius 3 is 2.17 bits per heavy atom. The van der Waals surface area contributed by atoms with Crippen LogP contribution in [0.2, 0.25) is 0 Å². The lowest BCUT2D eigenvalue weighted by Gasteiger charge is -2.26. The van der Waals surface area contributed by atoms with Gasteiger partial charge in [-0.25, -0.2) is 18.2 Å². The molecule has 0 aliphatic heterocycles. The summed E-state index contributed by atoms with van der Waals surface area (Å²) in [6.45, 7) is 0.511. The number of hydrazine groups is 1. The molecule has 1 aliphatic carbocycles. The molecule has 0 spiro atoms. The van der Waals surface area contributed by atoms with Crippen LogP contribution in [0.5, 0.6) is 0 Å². The summed E-state index contributed by atoms with van der Waals surface area (Å²) in [6.07, 6.45) is 6.27. The number of rotatable bonds is 7. The predicted octanol–water partition coefficient (Wildman–Crippen LogP) is 4.85. The van der Waals surface area contributed by atoms with Gasteiger partial charge in [0, 0.05) is 12.6 Å². The molecule has 0 radical (unpaired) electrons. The summed E-state index contributed by atoms with van der Waals surface area (Å²) >= 11 is 0. The first-order valence-corrected chi connectivity index (χ1v) is 13.3. The third-order valence-corrected chi connectivity index (χ3v) is 7.62. The lowest BCUT2D eigenvalue weighted by atomic mass is 10.1. The number of nitrogens with two attached hydrogens (primary N) is 1. The van der Waals surface area contributed by atoms with E-state index in [1.54, 1.807) is 18.2 Å². The summed E-state index contributed by atoms with van der Waals surface area (Å²) in [5.74, 6) is 0. The maximum Gasteiger partial charge on any atom is 0.333 e. The van der Waals surface area contributed by atoms with E-state index in [2.05, 4.69) is 10.1 Å². The number of carbonyl (C=O) groups is 1. The molecule has 3 aromatic rings. The topological polar surface area (TPSA) is 105 Å². The summed E-state index contributed by atoms with van der Waals surface area (Å²) in [4.78, 5) is 15.9. The molecule has 0 unspecified atom stereocenters. The van der Waals surface area contributed by atoms with Crippen molar-refractivity contribution in [3.8, 4) is 0 Å². The minimum atomic E-state index is -3.98. The first-order chi connectivity index (χ1) is 16.4. The van der Waals surface area contributed by atoms with Gasteiger partial charge in [0.1, 0.15) is 0 Å². The fourth-order valence-electron chi connectivity index (χ4n) is 4.32. The van der Waals surface area contributed by atoms with Crippen molar-refractivity contribution in [1.29, 1.82) is 0 Å². The van der Waals surface area contributed by atoms with E-state index >= 15 is 0 Å². The molecule has 9 heteroatoms. The fraction of sp³-hybridized carbons (Fsp3) is 0.346. The number of urea groups is 1. The van der Waals surface area contributed by atoms with Gasteiger partial charge in [-0.05, 0) is 46.9 Å². The molecule has 0 saturated heterocycles.